The first-order valence-corrected chi connectivity index (χ1v) is 12.5. The van der Waals surface area contributed by atoms with Gasteiger partial charge in [0.15, 0.2) is 6.61 Å². The van der Waals surface area contributed by atoms with Gasteiger partial charge in [-0.3, -0.25) is 9.78 Å². The molecule has 9 nitrogen and oxygen atoms in total. The normalized spacial score (nSPS) is 14.2. The van der Waals surface area contributed by atoms with Crippen LogP contribution in [-0.4, -0.2) is 70.3 Å². The Bertz CT molecular complexity index is 1260. The summed E-state index contributed by atoms with van der Waals surface area (Å²) in [4.78, 5) is 18.1. The number of ether oxygens (including phenoxy) is 3. The molecule has 1 N–H and O–H groups in total. The number of para-hydroxylation sites is 1. The predicted molar refractivity (Wildman–Crippen MR) is 127 cm³/mol. The van der Waals surface area contributed by atoms with E-state index in [9.17, 15) is 13.2 Å². The quantitative estimate of drug-likeness (QED) is 0.445. The highest BCUT2D eigenvalue weighted by atomic mass is 35.5. The van der Waals surface area contributed by atoms with Crippen molar-refractivity contribution in [2.24, 2.45) is 0 Å². The van der Waals surface area contributed by atoms with Gasteiger partial charge < -0.3 is 19.1 Å². The third-order valence-electron chi connectivity index (χ3n) is 5.16. The fourth-order valence-corrected chi connectivity index (χ4v) is 4.88. The van der Waals surface area contributed by atoms with Crippen LogP contribution in [0.5, 0.6) is 11.5 Å². The maximum Gasteiger partial charge on any atom is 0.260 e. The van der Waals surface area contributed by atoms with Gasteiger partial charge in [0, 0.05) is 36.2 Å². The standard InChI is InChI=1S/C23H24ClN3O6S/c24-18-6-7-19(33-16-22(28)27-10-13-31-14-11-27)21(15-18)34(29,30)26-9-12-32-20-5-1-3-17-4-2-8-25-23(17)20/h1-8,15,26H,9-14,16H2. The second kappa shape index (κ2) is 11.0. The highest BCUT2D eigenvalue weighted by Gasteiger charge is 2.22. The molecule has 34 heavy (non-hydrogen) atoms. The molecule has 2 aromatic carbocycles. The van der Waals surface area contributed by atoms with Crippen LogP contribution in [0.15, 0.2) is 59.6 Å². The molecule has 0 bridgehead atoms. The first kappa shape index (κ1) is 24.2. The third kappa shape index (κ3) is 5.95. The number of sulfonamides is 1. The number of amides is 1. The van der Waals surface area contributed by atoms with Crippen molar-refractivity contribution < 1.29 is 27.4 Å². The van der Waals surface area contributed by atoms with E-state index in [1.54, 1.807) is 17.2 Å². The molecule has 0 spiro atoms. The summed E-state index contributed by atoms with van der Waals surface area (Å²) in [5, 5.41) is 1.15. The van der Waals surface area contributed by atoms with Crippen LogP contribution in [0.3, 0.4) is 0 Å². The van der Waals surface area contributed by atoms with E-state index in [1.165, 1.54) is 18.2 Å². The summed E-state index contributed by atoms with van der Waals surface area (Å²) in [7, 11) is -3.98. The van der Waals surface area contributed by atoms with Gasteiger partial charge >= 0.3 is 0 Å². The maximum absolute atomic E-state index is 12.9. The Morgan fingerprint density at radius 3 is 2.71 bits per heavy atom. The number of fused-ring (bicyclic) bond motifs is 1. The number of morpholine rings is 1. The van der Waals surface area contributed by atoms with Crippen LogP contribution < -0.4 is 14.2 Å². The number of nitrogens with zero attached hydrogens (tertiary/aromatic N) is 2. The van der Waals surface area contributed by atoms with Gasteiger partial charge in [-0.1, -0.05) is 29.8 Å². The SMILES string of the molecule is O=C(COc1ccc(Cl)cc1S(=O)(=O)NCCOc1cccc2cccnc12)N1CCOCC1. The summed E-state index contributed by atoms with van der Waals surface area (Å²) in [6.07, 6.45) is 1.67. The molecule has 2 heterocycles. The van der Waals surface area contributed by atoms with Crippen molar-refractivity contribution in [1.29, 1.82) is 0 Å². The second-order valence-corrected chi connectivity index (χ2v) is 9.62. The van der Waals surface area contributed by atoms with Gasteiger partial charge in [-0.25, -0.2) is 13.1 Å². The number of hydrogen-bond acceptors (Lipinski definition) is 7. The number of hydrogen-bond donors (Lipinski definition) is 1. The number of rotatable bonds is 9. The Labute approximate surface area is 202 Å². The lowest BCUT2D eigenvalue weighted by atomic mass is 10.2. The Kier molecular flexibility index (Phi) is 7.84. The van der Waals surface area contributed by atoms with Crippen LogP contribution in [0.1, 0.15) is 0 Å². The number of halogens is 1. The average molecular weight is 506 g/mol. The van der Waals surface area contributed by atoms with E-state index in [2.05, 4.69) is 9.71 Å². The first-order chi connectivity index (χ1) is 16.4. The second-order valence-electron chi connectivity index (χ2n) is 7.45. The molecular weight excluding hydrogens is 482 g/mol. The number of carbonyl (C=O) groups excluding carboxylic acids is 1. The average Bonchev–Trinajstić information content (AvgIpc) is 2.86. The molecule has 0 radical (unpaired) electrons. The van der Waals surface area contributed by atoms with Crippen LogP contribution >= 0.6 is 11.6 Å². The minimum Gasteiger partial charge on any atom is -0.490 e. The molecule has 0 unspecified atom stereocenters. The van der Waals surface area contributed by atoms with Crippen LogP contribution in [-0.2, 0) is 19.6 Å². The van der Waals surface area contributed by atoms with Crippen molar-refractivity contribution in [1.82, 2.24) is 14.6 Å². The lowest BCUT2D eigenvalue weighted by Crippen LogP contribution is -2.43. The Balaban J connectivity index is 1.38. The number of pyridine rings is 1. The lowest BCUT2D eigenvalue weighted by Gasteiger charge is -2.26. The molecule has 3 aromatic rings. The summed E-state index contributed by atoms with van der Waals surface area (Å²) >= 11 is 6.04. The maximum atomic E-state index is 12.9. The molecule has 1 fully saturated rings. The van der Waals surface area contributed by atoms with Crippen LogP contribution in [0, 0.1) is 0 Å². The van der Waals surface area contributed by atoms with E-state index in [4.69, 9.17) is 25.8 Å². The summed E-state index contributed by atoms with van der Waals surface area (Å²) in [6.45, 7) is 1.68. The molecule has 1 aliphatic heterocycles. The van der Waals surface area contributed by atoms with Crippen molar-refractivity contribution in [3.05, 3.63) is 59.8 Å². The highest BCUT2D eigenvalue weighted by Crippen LogP contribution is 2.27. The van der Waals surface area contributed by atoms with E-state index in [0.29, 0.717) is 37.6 Å². The van der Waals surface area contributed by atoms with Crippen LogP contribution in [0.2, 0.25) is 5.02 Å². The van der Waals surface area contributed by atoms with Crippen LogP contribution in [0.25, 0.3) is 10.9 Å². The fourth-order valence-electron chi connectivity index (χ4n) is 3.46. The molecule has 4 rings (SSSR count). The Morgan fingerprint density at radius 2 is 1.88 bits per heavy atom. The molecule has 1 saturated heterocycles. The number of benzene rings is 2. The monoisotopic (exact) mass is 505 g/mol. The number of aromatic nitrogens is 1. The van der Waals surface area contributed by atoms with Crippen molar-refractivity contribution in [2.45, 2.75) is 4.90 Å². The summed E-state index contributed by atoms with van der Waals surface area (Å²) in [6, 6.07) is 13.5. The highest BCUT2D eigenvalue weighted by molar-refractivity contribution is 7.89. The Hall–Kier alpha value is -2.92. The third-order valence-corrected chi connectivity index (χ3v) is 6.87. The molecule has 1 amide bonds. The minimum atomic E-state index is -3.98. The zero-order chi connectivity index (χ0) is 24.0. The first-order valence-electron chi connectivity index (χ1n) is 10.7. The number of carbonyl (C=O) groups is 1. The van der Waals surface area contributed by atoms with Crippen molar-refractivity contribution >= 4 is 38.4 Å². The molecule has 11 heteroatoms. The molecule has 1 aliphatic rings. The van der Waals surface area contributed by atoms with Crippen molar-refractivity contribution in [2.75, 3.05) is 46.1 Å². The van der Waals surface area contributed by atoms with E-state index in [-0.39, 0.29) is 41.3 Å². The van der Waals surface area contributed by atoms with Gasteiger partial charge in [0.05, 0.1) is 13.2 Å². The van der Waals surface area contributed by atoms with E-state index >= 15 is 0 Å². The zero-order valence-electron chi connectivity index (χ0n) is 18.3. The fraction of sp³-hybridized carbons (Fsp3) is 0.304. The van der Waals surface area contributed by atoms with Crippen molar-refractivity contribution in [3.8, 4) is 11.5 Å². The summed E-state index contributed by atoms with van der Waals surface area (Å²) < 4.78 is 44.9. The van der Waals surface area contributed by atoms with Gasteiger partial charge in [0.2, 0.25) is 10.0 Å². The molecule has 1 aromatic heterocycles. The van der Waals surface area contributed by atoms with Gasteiger partial charge in [-0.15, -0.1) is 0 Å². The van der Waals surface area contributed by atoms with E-state index in [1.807, 2.05) is 24.3 Å². The summed E-state index contributed by atoms with van der Waals surface area (Å²) in [5.74, 6) is 0.357. The molecule has 180 valence electrons. The minimum absolute atomic E-state index is 0.00418. The van der Waals surface area contributed by atoms with Gasteiger partial charge in [-0.2, -0.15) is 0 Å². The Morgan fingerprint density at radius 1 is 1.09 bits per heavy atom. The molecule has 0 aliphatic carbocycles. The predicted octanol–water partition coefficient (Wildman–Crippen LogP) is 2.48. The molecule has 0 saturated carbocycles. The molecular formula is C23H24ClN3O6S. The summed E-state index contributed by atoms with van der Waals surface area (Å²) in [5.41, 5.74) is 0.698. The van der Waals surface area contributed by atoms with E-state index in [0.717, 1.165) is 5.39 Å². The molecule has 0 atom stereocenters. The van der Waals surface area contributed by atoms with Crippen molar-refractivity contribution in [3.63, 3.8) is 0 Å². The smallest absolute Gasteiger partial charge is 0.260 e. The number of nitrogens with one attached hydrogen (secondary N) is 1. The van der Waals surface area contributed by atoms with E-state index < -0.39 is 10.0 Å². The van der Waals surface area contributed by atoms with Crippen LogP contribution in [0.4, 0.5) is 0 Å². The van der Waals surface area contributed by atoms with Gasteiger partial charge in [0.25, 0.3) is 5.91 Å². The largest absolute Gasteiger partial charge is 0.490 e. The van der Waals surface area contributed by atoms with Gasteiger partial charge in [-0.05, 0) is 30.3 Å². The lowest BCUT2D eigenvalue weighted by molar-refractivity contribution is -0.137. The van der Waals surface area contributed by atoms with Gasteiger partial charge in [0.1, 0.15) is 28.5 Å². The zero-order valence-corrected chi connectivity index (χ0v) is 19.8. The topological polar surface area (TPSA) is 107 Å².